The molecule has 8 nitrogen and oxygen atoms in total. The van der Waals surface area contributed by atoms with Gasteiger partial charge in [-0.1, -0.05) is 24.3 Å². The number of nitrogens with zero attached hydrogens (tertiary/aromatic N) is 3. The van der Waals surface area contributed by atoms with E-state index >= 15 is 0 Å². The lowest BCUT2D eigenvalue weighted by molar-refractivity contribution is -0.384. The van der Waals surface area contributed by atoms with Crippen molar-refractivity contribution in [3.05, 3.63) is 105 Å². The molecule has 0 aromatic heterocycles. The molecule has 36 heavy (non-hydrogen) atoms. The highest BCUT2D eigenvalue weighted by Gasteiger charge is 2.47. The number of hydrogen-bond acceptors (Lipinski definition) is 6. The van der Waals surface area contributed by atoms with Gasteiger partial charge in [-0.3, -0.25) is 24.6 Å². The van der Waals surface area contributed by atoms with Gasteiger partial charge in [0.05, 0.1) is 16.5 Å². The van der Waals surface area contributed by atoms with Crippen LogP contribution in [0.4, 0.5) is 17.1 Å². The number of nitro benzene ring substituents is 1. The standard InChI is InChI=1S/C28H27N3O5/c1-4-29(5-2)21-13-9-19(10-14-21)25-24(26(32)20-11-15-22(16-12-20)31(35)36)27(33)28(34)30(25)23-8-6-7-18(3)17-23/h6-17,25,32H,4-5H2,1-3H3/b26-24-. The second kappa shape index (κ2) is 10.0. The fourth-order valence-corrected chi connectivity index (χ4v) is 4.54. The van der Waals surface area contributed by atoms with E-state index in [4.69, 9.17) is 0 Å². The molecule has 1 unspecified atom stereocenters. The van der Waals surface area contributed by atoms with Crippen LogP contribution in [0.3, 0.4) is 0 Å². The maximum absolute atomic E-state index is 13.3. The first-order chi connectivity index (χ1) is 17.3. The van der Waals surface area contributed by atoms with Crippen LogP contribution in [-0.4, -0.2) is 34.8 Å². The maximum Gasteiger partial charge on any atom is 0.300 e. The predicted molar refractivity (Wildman–Crippen MR) is 139 cm³/mol. The van der Waals surface area contributed by atoms with Crippen LogP contribution >= 0.6 is 0 Å². The van der Waals surface area contributed by atoms with E-state index in [1.165, 1.54) is 29.2 Å². The molecule has 4 rings (SSSR count). The van der Waals surface area contributed by atoms with Crippen LogP contribution in [0, 0.1) is 17.0 Å². The molecule has 0 aliphatic carbocycles. The van der Waals surface area contributed by atoms with Gasteiger partial charge in [-0.05, 0) is 68.3 Å². The summed E-state index contributed by atoms with van der Waals surface area (Å²) >= 11 is 0. The van der Waals surface area contributed by atoms with Crippen molar-refractivity contribution in [2.75, 3.05) is 22.9 Å². The average molecular weight is 486 g/mol. The van der Waals surface area contributed by atoms with E-state index in [1.54, 1.807) is 12.1 Å². The van der Waals surface area contributed by atoms with Gasteiger partial charge in [0.1, 0.15) is 5.76 Å². The van der Waals surface area contributed by atoms with Crippen molar-refractivity contribution in [3.63, 3.8) is 0 Å². The Morgan fingerprint density at radius 3 is 2.19 bits per heavy atom. The Morgan fingerprint density at radius 2 is 1.64 bits per heavy atom. The topological polar surface area (TPSA) is 104 Å². The second-order valence-corrected chi connectivity index (χ2v) is 8.58. The Labute approximate surface area is 209 Å². The molecule has 3 aromatic carbocycles. The first-order valence-electron chi connectivity index (χ1n) is 11.7. The van der Waals surface area contributed by atoms with E-state index in [-0.39, 0.29) is 22.6 Å². The fourth-order valence-electron chi connectivity index (χ4n) is 4.54. The Hall–Kier alpha value is -4.46. The highest BCUT2D eigenvalue weighted by molar-refractivity contribution is 6.51. The van der Waals surface area contributed by atoms with E-state index in [0.29, 0.717) is 11.3 Å². The molecule has 0 spiro atoms. The fraction of sp³-hybridized carbons (Fsp3) is 0.214. The van der Waals surface area contributed by atoms with Crippen molar-refractivity contribution in [2.45, 2.75) is 26.8 Å². The molecule has 1 fully saturated rings. The van der Waals surface area contributed by atoms with Crippen molar-refractivity contribution < 1.29 is 19.6 Å². The summed E-state index contributed by atoms with van der Waals surface area (Å²) in [6.45, 7) is 7.68. The largest absolute Gasteiger partial charge is 0.507 e. The van der Waals surface area contributed by atoms with Crippen LogP contribution in [0.25, 0.3) is 5.76 Å². The van der Waals surface area contributed by atoms with Crippen LogP contribution in [0.5, 0.6) is 0 Å². The zero-order valence-electron chi connectivity index (χ0n) is 20.3. The van der Waals surface area contributed by atoms with Crippen LogP contribution in [0.1, 0.15) is 36.6 Å². The van der Waals surface area contributed by atoms with Crippen LogP contribution in [-0.2, 0) is 9.59 Å². The van der Waals surface area contributed by atoms with E-state index in [2.05, 4.69) is 18.7 Å². The quantitative estimate of drug-likeness (QED) is 0.159. The normalized spacial score (nSPS) is 16.9. The minimum atomic E-state index is -0.868. The zero-order valence-corrected chi connectivity index (χ0v) is 20.3. The summed E-state index contributed by atoms with van der Waals surface area (Å²) in [6, 6.07) is 19.2. The van der Waals surface area contributed by atoms with E-state index in [9.17, 15) is 24.8 Å². The summed E-state index contributed by atoms with van der Waals surface area (Å²) in [6.07, 6.45) is 0. The first kappa shape index (κ1) is 24.7. The van der Waals surface area contributed by atoms with Gasteiger partial charge in [-0.2, -0.15) is 0 Å². The Kier molecular flexibility index (Phi) is 6.87. The van der Waals surface area contributed by atoms with Gasteiger partial charge >= 0.3 is 0 Å². The number of anilines is 2. The molecule has 1 saturated heterocycles. The minimum absolute atomic E-state index is 0.0639. The summed E-state index contributed by atoms with van der Waals surface area (Å²) in [5.41, 5.74) is 3.13. The number of Topliss-reactive ketones (excluding diaryl/α,β-unsaturated/α-hetero) is 1. The Morgan fingerprint density at radius 1 is 1.00 bits per heavy atom. The molecule has 8 heteroatoms. The molecule has 1 aliphatic rings. The number of ketones is 1. The number of nitro groups is 1. The van der Waals surface area contributed by atoms with Crippen molar-refractivity contribution >= 4 is 34.5 Å². The molecule has 1 amide bonds. The van der Waals surface area contributed by atoms with Gasteiger partial charge in [0.25, 0.3) is 17.4 Å². The molecule has 0 saturated carbocycles. The van der Waals surface area contributed by atoms with E-state index < -0.39 is 22.7 Å². The van der Waals surface area contributed by atoms with Gasteiger partial charge < -0.3 is 10.0 Å². The molecule has 1 heterocycles. The molecule has 1 N–H and O–H groups in total. The molecule has 0 bridgehead atoms. The summed E-state index contributed by atoms with van der Waals surface area (Å²) in [5, 5.41) is 22.2. The summed E-state index contributed by atoms with van der Waals surface area (Å²) < 4.78 is 0. The number of carbonyl (C=O) groups is 2. The maximum atomic E-state index is 13.3. The van der Waals surface area contributed by atoms with Crippen LogP contribution < -0.4 is 9.80 Å². The highest BCUT2D eigenvalue weighted by Crippen LogP contribution is 2.42. The van der Waals surface area contributed by atoms with Gasteiger partial charge in [-0.25, -0.2) is 0 Å². The second-order valence-electron chi connectivity index (χ2n) is 8.58. The van der Waals surface area contributed by atoms with Gasteiger partial charge in [0, 0.05) is 42.2 Å². The third-order valence-corrected chi connectivity index (χ3v) is 6.41. The lowest BCUT2D eigenvalue weighted by Gasteiger charge is -2.27. The Bertz CT molecular complexity index is 1340. The van der Waals surface area contributed by atoms with Crippen molar-refractivity contribution in [1.29, 1.82) is 0 Å². The molecule has 3 aromatic rings. The lowest BCUT2D eigenvalue weighted by Crippen LogP contribution is -2.29. The number of benzene rings is 3. The molecular formula is C28H27N3O5. The van der Waals surface area contributed by atoms with Gasteiger partial charge in [0.2, 0.25) is 0 Å². The number of aliphatic hydroxyl groups is 1. The third kappa shape index (κ3) is 4.45. The van der Waals surface area contributed by atoms with E-state index in [0.717, 1.165) is 24.3 Å². The number of aliphatic hydroxyl groups excluding tert-OH is 1. The molecular weight excluding hydrogens is 458 g/mol. The van der Waals surface area contributed by atoms with E-state index in [1.807, 2.05) is 43.3 Å². The van der Waals surface area contributed by atoms with Crippen molar-refractivity contribution in [1.82, 2.24) is 0 Å². The number of rotatable bonds is 7. The van der Waals surface area contributed by atoms with Crippen LogP contribution in [0.15, 0.2) is 78.4 Å². The average Bonchev–Trinajstić information content (AvgIpc) is 3.15. The number of carbonyl (C=O) groups excluding carboxylic acids is 2. The molecule has 1 aliphatic heterocycles. The summed E-state index contributed by atoms with van der Waals surface area (Å²) in [7, 11) is 0. The van der Waals surface area contributed by atoms with Crippen molar-refractivity contribution in [3.8, 4) is 0 Å². The number of non-ortho nitro benzene ring substituents is 1. The predicted octanol–water partition coefficient (Wildman–Crippen LogP) is 5.38. The van der Waals surface area contributed by atoms with Crippen molar-refractivity contribution in [2.24, 2.45) is 0 Å². The zero-order chi connectivity index (χ0) is 26.0. The summed E-state index contributed by atoms with van der Waals surface area (Å²) in [5.74, 6) is -1.94. The number of aryl methyl sites for hydroxylation is 1. The molecule has 1 atom stereocenters. The number of amides is 1. The van der Waals surface area contributed by atoms with Gasteiger partial charge in [0.15, 0.2) is 0 Å². The summed E-state index contributed by atoms with van der Waals surface area (Å²) in [4.78, 5) is 40.7. The molecule has 0 radical (unpaired) electrons. The number of hydrogen-bond donors (Lipinski definition) is 1. The SMILES string of the molecule is CCN(CC)c1ccc(C2/C(=C(/O)c3ccc([N+](=O)[O-])cc3)C(=O)C(=O)N2c2cccc(C)c2)cc1. The third-order valence-electron chi connectivity index (χ3n) is 6.41. The van der Waals surface area contributed by atoms with Crippen LogP contribution in [0.2, 0.25) is 0 Å². The highest BCUT2D eigenvalue weighted by atomic mass is 16.6. The smallest absolute Gasteiger partial charge is 0.300 e. The minimum Gasteiger partial charge on any atom is -0.507 e. The Balaban J connectivity index is 1.89. The monoisotopic (exact) mass is 485 g/mol. The molecule has 184 valence electrons. The first-order valence-corrected chi connectivity index (χ1v) is 11.7. The van der Waals surface area contributed by atoms with Gasteiger partial charge in [-0.15, -0.1) is 0 Å². The lowest BCUT2D eigenvalue weighted by atomic mass is 9.94.